The van der Waals surface area contributed by atoms with Crippen molar-refractivity contribution in [1.29, 1.82) is 0 Å². The molecule has 0 saturated carbocycles. The van der Waals surface area contributed by atoms with Crippen LogP contribution in [0.5, 0.6) is 0 Å². The topological polar surface area (TPSA) is 61.8 Å². The zero-order valence-corrected chi connectivity index (χ0v) is 19.5. The number of nitrogens with one attached hydrogen (secondary N) is 2. The maximum absolute atomic E-state index is 13.8. The van der Waals surface area contributed by atoms with E-state index in [9.17, 15) is 8.78 Å². The summed E-state index contributed by atoms with van der Waals surface area (Å²) in [5.74, 6) is 0.541. The fourth-order valence-corrected chi connectivity index (χ4v) is 3.09. The lowest BCUT2D eigenvalue weighted by Crippen LogP contribution is -2.41. The number of halogens is 3. The second-order valence-electron chi connectivity index (χ2n) is 6.94. The average Bonchev–Trinajstić information content (AvgIpc) is 2.73. The van der Waals surface area contributed by atoms with Crippen LogP contribution in [0.15, 0.2) is 41.5 Å². The van der Waals surface area contributed by atoms with Crippen molar-refractivity contribution in [3.63, 3.8) is 0 Å². The number of aromatic nitrogens is 1. The summed E-state index contributed by atoms with van der Waals surface area (Å²) < 4.78 is 32.7. The molecule has 164 valence electrons. The van der Waals surface area contributed by atoms with Crippen LogP contribution in [-0.2, 0) is 17.8 Å². The lowest BCUT2D eigenvalue weighted by atomic mass is 10.2. The number of benzene rings is 1. The minimum absolute atomic E-state index is 0. The van der Waals surface area contributed by atoms with Crippen molar-refractivity contribution >= 4 is 35.8 Å². The molecule has 9 heteroatoms. The summed E-state index contributed by atoms with van der Waals surface area (Å²) in [6.07, 6.45) is 2.01. The summed E-state index contributed by atoms with van der Waals surface area (Å²) in [5.41, 5.74) is 1.21. The van der Waals surface area contributed by atoms with Gasteiger partial charge in [-0.3, -0.25) is 0 Å². The van der Waals surface area contributed by atoms with E-state index >= 15 is 0 Å². The van der Waals surface area contributed by atoms with Crippen molar-refractivity contribution in [3.05, 3.63) is 59.3 Å². The number of nitrogens with zero attached hydrogens (tertiary/aromatic N) is 3. The molecule has 1 saturated heterocycles. The molecular formula is C21H28F2IN5O. The molecule has 1 aromatic heterocycles. The Morgan fingerprint density at radius 1 is 1.27 bits per heavy atom. The number of hydrogen-bond donors (Lipinski definition) is 2. The predicted molar refractivity (Wildman–Crippen MR) is 125 cm³/mol. The zero-order chi connectivity index (χ0) is 20.6. The summed E-state index contributed by atoms with van der Waals surface area (Å²) in [4.78, 5) is 11.3. The molecule has 2 aromatic rings. The molecular weight excluding hydrogens is 503 g/mol. The molecule has 1 fully saturated rings. The summed E-state index contributed by atoms with van der Waals surface area (Å²) >= 11 is 0. The highest BCUT2D eigenvalue weighted by Gasteiger charge is 2.17. The van der Waals surface area contributed by atoms with Gasteiger partial charge in [-0.1, -0.05) is 6.07 Å². The lowest BCUT2D eigenvalue weighted by molar-refractivity contribution is 0.0529. The number of anilines is 1. The van der Waals surface area contributed by atoms with E-state index in [4.69, 9.17) is 4.74 Å². The molecule has 1 aliphatic heterocycles. The van der Waals surface area contributed by atoms with E-state index in [1.807, 2.05) is 25.3 Å². The molecule has 6 nitrogen and oxygen atoms in total. The third-order valence-corrected chi connectivity index (χ3v) is 4.59. The fourth-order valence-electron chi connectivity index (χ4n) is 3.09. The van der Waals surface area contributed by atoms with Gasteiger partial charge in [-0.2, -0.15) is 0 Å². The fraction of sp³-hybridized carbons (Fsp3) is 0.429. The first kappa shape index (κ1) is 24.3. The highest BCUT2D eigenvalue weighted by Crippen LogP contribution is 2.16. The van der Waals surface area contributed by atoms with Crippen LogP contribution in [0.2, 0.25) is 0 Å². The maximum atomic E-state index is 13.8. The van der Waals surface area contributed by atoms with E-state index in [1.54, 1.807) is 0 Å². The van der Waals surface area contributed by atoms with E-state index in [0.29, 0.717) is 25.7 Å². The van der Waals surface area contributed by atoms with Crippen LogP contribution in [0.1, 0.15) is 25.0 Å². The van der Waals surface area contributed by atoms with Gasteiger partial charge in [-0.05, 0) is 43.7 Å². The molecule has 2 N–H and O–H groups in total. The molecule has 0 amide bonds. The summed E-state index contributed by atoms with van der Waals surface area (Å²) in [5, 5.41) is 6.14. The monoisotopic (exact) mass is 531 g/mol. The second kappa shape index (κ2) is 12.0. The van der Waals surface area contributed by atoms with Crippen molar-refractivity contribution in [2.75, 3.05) is 31.1 Å². The normalized spacial score (nSPS) is 16.7. The van der Waals surface area contributed by atoms with Gasteiger partial charge in [0.05, 0.1) is 19.3 Å². The molecule has 0 bridgehead atoms. The average molecular weight is 531 g/mol. The largest absolute Gasteiger partial charge is 0.375 e. The first-order chi connectivity index (χ1) is 14.0. The van der Waals surface area contributed by atoms with Gasteiger partial charge in [-0.15, -0.1) is 24.0 Å². The van der Waals surface area contributed by atoms with E-state index in [1.165, 1.54) is 6.07 Å². The Morgan fingerprint density at radius 3 is 2.80 bits per heavy atom. The van der Waals surface area contributed by atoms with Crippen molar-refractivity contribution in [1.82, 2.24) is 15.6 Å². The maximum Gasteiger partial charge on any atom is 0.191 e. The molecule has 0 radical (unpaired) electrons. The predicted octanol–water partition coefficient (Wildman–Crippen LogP) is 3.46. The molecule has 0 aliphatic carbocycles. The summed E-state index contributed by atoms with van der Waals surface area (Å²) in [7, 11) is 0. The van der Waals surface area contributed by atoms with Gasteiger partial charge in [0.1, 0.15) is 17.5 Å². The Hall–Kier alpha value is -2.01. The van der Waals surface area contributed by atoms with Crippen molar-refractivity contribution in [2.24, 2.45) is 4.99 Å². The number of ether oxygens (including phenoxy) is 1. The second-order valence-corrected chi connectivity index (χ2v) is 6.94. The first-order valence-electron chi connectivity index (χ1n) is 9.82. The highest BCUT2D eigenvalue weighted by molar-refractivity contribution is 14.0. The molecule has 1 aliphatic rings. The quantitative estimate of drug-likeness (QED) is 0.340. The van der Waals surface area contributed by atoms with Gasteiger partial charge in [0.2, 0.25) is 0 Å². The molecule has 30 heavy (non-hydrogen) atoms. The highest BCUT2D eigenvalue weighted by atomic mass is 127. The van der Waals surface area contributed by atoms with Crippen LogP contribution in [0.25, 0.3) is 0 Å². The van der Waals surface area contributed by atoms with Gasteiger partial charge in [0, 0.05) is 37.9 Å². The van der Waals surface area contributed by atoms with Crippen molar-refractivity contribution in [2.45, 2.75) is 33.0 Å². The SMILES string of the molecule is CCNC(=NCc1ccc(N2CCOC(C)C2)nc1)NCc1cc(F)ccc1F.I. The molecule has 1 aromatic carbocycles. The Bertz CT molecular complexity index is 835. The van der Waals surface area contributed by atoms with Gasteiger partial charge >= 0.3 is 0 Å². The minimum atomic E-state index is -0.467. The third kappa shape index (κ3) is 7.05. The minimum Gasteiger partial charge on any atom is -0.375 e. The van der Waals surface area contributed by atoms with Crippen LogP contribution in [-0.4, -0.2) is 43.3 Å². The summed E-state index contributed by atoms with van der Waals surface area (Å²) in [6, 6.07) is 7.40. The van der Waals surface area contributed by atoms with Crippen LogP contribution < -0.4 is 15.5 Å². The number of rotatable bonds is 6. The lowest BCUT2D eigenvalue weighted by Gasteiger charge is -2.32. The van der Waals surface area contributed by atoms with Crippen LogP contribution in [0, 0.1) is 11.6 Å². The molecule has 2 heterocycles. The van der Waals surface area contributed by atoms with Gasteiger partial charge in [0.15, 0.2) is 5.96 Å². The Labute approximate surface area is 193 Å². The first-order valence-corrected chi connectivity index (χ1v) is 9.82. The van der Waals surface area contributed by atoms with E-state index < -0.39 is 11.6 Å². The molecule has 3 rings (SSSR count). The van der Waals surface area contributed by atoms with Crippen LogP contribution in [0.3, 0.4) is 0 Å². The molecule has 1 atom stereocenters. The van der Waals surface area contributed by atoms with Gasteiger partial charge in [0.25, 0.3) is 0 Å². The number of pyridine rings is 1. The van der Waals surface area contributed by atoms with Gasteiger partial charge < -0.3 is 20.3 Å². The standard InChI is InChI=1S/C21H27F2N5O.HI/c1-3-24-21(27-13-17-10-18(22)5-6-19(17)23)26-12-16-4-7-20(25-11-16)28-8-9-29-15(2)14-28;/h4-7,10-11,15H,3,8-9,12-14H2,1-2H3,(H2,24,26,27);1H. The van der Waals surface area contributed by atoms with Crippen molar-refractivity contribution in [3.8, 4) is 0 Å². The Balaban J connectivity index is 0.00000320. The number of guanidine groups is 1. The Kier molecular flexibility index (Phi) is 9.70. The van der Waals surface area contributed by atoms with Crippen LogP contribution in [0.4, 0.5) is 14.6 Å². The molecule has 0 spiro atoms. The summed E-state index contributed by atoms with van der Waals surface area (Å²) in [6.45, 7) is 7.59. The molecule has 1 unspecified atom stereocenters. The van der Waals surface area contributed by atoms with Crippen molar-refractivity contribution < 1.29 is 13.5 Å². The Morgan fingerprint density at radius 2 is 2.10 bits per heavy atom. The number of morpholine rings is 1. The number of hydrogen-bond acceptors (Lipinski definition) is 4. The smallest absolute Gasteiger partial charge is 0.191 e. The van der Waals surface area contributed by atoms with E-state index in [2.05, 4.69) is 32.4 Å². The van der Waals surface area contributed by atoms with E-state index in [-0.39, 0.29) is 42.2 Å². The van der Waals surface area contributed by atoms with Gasteiger partial charge in [-0.25, -0.2) is 18.8 Å². The third-order valence-electron chi connectivity index (χ3n) is 4.59. The zero-order valence-electron chi connectivity index (χ0n) is 17.2. The number of aliphatic imine (C=N–C) groups is 1. The van der Waals surface area contributed by atoms with E-state index in [0.717, 1.165) is 36.6 Å². The van der Waals surface area contributed by atoms with Crippen LogP contribution >= 0.6 is 24.0 Å².